The molecular weight excluding hydrogens is 354 g/mol. The SMILES string of the molecule is CCN(CC)C(=O)c1ccc(NC(=O)C(NC)c2cnn(C)c2)cc1Cl. The maximum Gasteiger partial charge on any atom is 0.255 e. The van der Waals surface area contributed by atoms with Crippen LogP contribution in [0.1, 0.15) is 35.8 Å². The third kappa shape index (κ3) is 4.42. The highest BCUT2D eigenvalue weighted by Gasteiger charge is 2.21. The van der Waals surface area contributed by atoms with E-state index in [1.807, 2.05) is 13.8 Å². The molecule has 0 spiro atoms. The second kappa shape index (κ2) is 8.82. The molecule has 1 unspecified atom stereocenters. The monoisotopic (exact) mass is 377 g/mol. The molecule has 1 aromatic heterocycles. The number of amides is 2. The largest absolute Gasteiger partial charge is 0.339 e. The minimum absolute atomic E-state index is 0.124. The van der Waals surface area contributed by atoms with Crippen molar-refractivity contribution < 1.29 is 9.59 Å². The van der Waals surface area contributed by atoms with E-state index in [4.69, 9.17) is 11.6 Å². The van der Waals surface area contributed by atoms with Crippen LogP contribution in [-0.4, -0.2) is 46.6 Å². The second-order valence-corrected chi connectivity index (χ2v) is 6.24. The topological polar surface area (TPSA) is 79.3 Å². The molecule has 2 rings (SSSR count). The van der Waals surface area contributed by atoms with Crippen LogP contribution in [0, 0.1) is 0 Å². The van der Waals surface area contributed by atoms with Crippen LogP contribution in [0.3, 0.4) is 0 Å². The Morgan fingerprint density at radius 1 is 1.31 bits per heavy atom. The average Bonchev–Trinajstić information content (AvgIpc) is 3.02. The number of halogens is 1. The van der Waals surface area contributed by atoms with E-state index >= 15 is 0 Å². The number of carbonyl (C=O) groups excluding carboxylic acids is 2. The van der Waals surface area contributed by atoms with Gasteiger partial charge >= 0.3 is 0 Å². The number of hydrogen-bond donors (Lipinski definition) is 2. The lowest BCUT2D eigenvalue weighted by molar-refractivity contribution is -0.118. The number of rotatable bonds is 7. The normalized spacial score (nSPS) is 11.9. The Kier molecular flexibility index (Phi) is 6.76. The average molecular weight is 378 g/mol. The highest BCUT2D eigenvalue weighted by molar-refractivity contribution is 6.34. The third-order valence-electron chi connectivity index (χ3n) is 4.13. The Balaban J connectivity index is 2.16. The molecular formula is C18H24ClN5O2. The first kappa shape index (κ1) is 19.9. The third-order valence-corrected chi connectivity index (χ3v) is 4.44. The van der Waals surface area contributed by atoms with Crippen molar-refractivity contribution in [2.45, 2.75) is 19.9 Å². The second-order valence-electron chi connectivity index (χ2n) is 5.83. The summed E-state index contributed by atoms with van der Waals surface area (Å²) >= 11 is 6.27. The lowest BCUT2D eigenvalue weighted by atomic mass is 10.1. The summed E-state index contributed by atoms with van der Waals surface area (Å²) in [6.07, 6.45) is 3.42. The van der Waals surface area contributed by atoms with Crippen molar-refractivity contribution in [1.82, 2.24) is 20.0 Å². The van der Waals surface area contributed by atoms with Gasteiger partial charge in [0.2, 0.25) is 5.91 Å². The molecule has 0 saturated heterocycles. The molecule has 7 nitrogen and oxygen atoms in total. The fourth-order valence-corrected chi connectivity index (χ4v) is 2.96. The molecule has 2 amide bonds. The molecule has 1 aromatic carbocycles. The lowest BCUT2D eigenvalue weighted by Crippen LogP contribution is -2.31. The number of aryl methyl sites for hydroxylation is 1. The van der Waals surface area contributed by atoms with Gasteiger partial charge in [-0.3, -0.25) is 14.3 Å². The molecule has 2 N–H and O–H groups in total. The highest BCUT2D eigenvalue weighted by atomic mass is 35.5. The summed E-state index contributed by atoms with van der Waals surface area (Å²) in [7, 11) is 3.50. The Labute approximate surface area is 158 Å². The number of hydrogen-bond acceptors (Lipinski definition) is 4. The Hall–Kier alpha value is -2.38. The Morgan fingerprint density at radius 2 is 2.00 bits per heavy atom. The molecule has 0 saturated carbocycles. The summed E-state index contributed by atoms with van der Waals surface area (Å²) in [6.45, 7) is 5.05. The van der Waals surface area contributed by atoms with E-state index in [-0.39, 0.29) is 11.8 Å². The fourth-order valence-electron chi connectivity index (χ4n) is 2.70. The molecule has 0 aliphatic heterocycles. The van der Waals surface area contributed by atoms with Gasteiger partial charge in [-0.2, -0.15) is 5.10 Å². The van der Waals surface area contributed by atoms with E-state index in [1.54, 1.807) is 54.3 Å². The van der Waals surface area contributed by atoms with Crippen molar-refractivity contribution in [3.8, 4) is 0 Å². The van der Waals surface area contributed by atoms with Crippen molar-refractivity contribution in [1.29, 1.82) is 0 Å². The van der Waals surface area contributed by atoms with Gasteiger partial charge in [0.1, 0.15) is 6.04 Å². The van der Waals surface area contributed by atoms with E-state index in [9.17, 15) is 9.59 Å². The first-order valence-electron chi connectivity index (χ1n) is 8.46. The maximum absolute atomic E-state index is 12.6. The van der Waals surface area contributed by atoms with E-state index < -0.39 is 6.04 Å². The molecule has 0 aliphatic carbocycles. The van der Waals surface area contributed by atoms with Crippen LogP contribution in [0.15, 0.2) is 30.6 Å². The standard InChI is InChI=1S/C18H24ClN5O2/c1-5-24(6-2)18(26)14-8-7-13(9-15(14)19)22-17(25)16(20-3)12-10-21-23(4)11-12/h7-11,16,20H,5-6H2,1-4H3,(H,22,25). The Morgan fingerprint density at radius 3 is 2.50 bits per heavy atom. The van der Waals surface area contributed by atoms with Crippen LogP contribution in [0.4, 0.5) is 5.69 Å². The van der Waals surface area contributed by atoms with Crippen LogP contribution in [0.5, 0.6) is 0 Å². The molecule has 2 aromatic rings. The van der Waals surface area contributed by atoms with E-state index in [0.717, 1.165) is 5.56 Å². The number of carbonyl (C=O) groups is 2. The summed E-state index contributed by atoms with van der Waals surface area (Å²) in [5.74, 6) is -0.360. The quantitative estimate of drug-likeness (QED) is 0.776. The molecule has 140 valence electrons. The summed E-state index contributed by atoms with van der Waals surface area (Å²) < 4.78 is 1.64. The van der Waals surface area contributed by atoms with Gasteiger partial charge in [0.05, 0.1) is 16.8 Å². The number of nitrogens with zero attached hydrogens (tertiary/aromatic N) is 3. The van der Waals surface area contributed by atoms with Crippen molar-refractivity contribution in [2.75, 3.05) is 25.5 Å². The number of benzene rings is 1. The summed E-state index contributed by atoms with van der Waals surface area (Å²) in [4.78, 5) is 26.7. The predicted octanol–water partition coefficient (Wildman–Crippen LogP) is 2.45. The van der Waals surface area contributed by atoms with Gasteiger partial charge in [-0.25, -0.2) is 0 Å². The van der Waals surface area contributed by atoms with Gasteiger partial charge in [-0.1, -0.05) is 11.6 Å². The van der Waals surface area contributed by atoms with Crippen LogP contribution in [0.25, 0.3) is 0 Å². The number of aromatic nitrogens is 2. The first-order valence-corrected chi connectivity index (χ1v) is 8.84. The van der Waals surface area contributed by atoms with Gasteiger partial charge in [-0.15, -0.1) is 0 Å². The van der Waals surface area contributed by atoms with Gasteiger partial charge in [0.25, 0.3) is 5.91 Å². The molecule has 8 heteroatoms. The maximum atomic E-state index is 12.6. The summed E-state index contributed by atoms with van der Waals surface area (Å²) in [6, 6.07) is 4.36. The molecule has 26 heavy (non-hydrogen) atoms. The van der Waals surface area contributed by atoms with E-state index in [0.29, 0.717) is 29.4 Å². The van der Waals surface area contributed by atoms with Crippen molar-refractivity contribution in [3.63, 3.8) is 0 Å². The molecule has 0 radical (unpaired) electrons. The summed E-state index contributed by atoms with van der Waals surface area (Å²) in [5, 5.41) is 10.2. The molecule has 1 heterocycles. The minimum atomic E-state index is -0.542. The van der Waals surface area contributed by atoms with Crippen molar-refractivity contribution in [3.05, 3.63) is 46.7 Å². The zero-order valence-corrected chi connectivity index (χ0v) is 16.2. The van der Waals surface area contributed by atoms with Gasteiger partial charge in [-0.05, 0) is 39.1 Å². The minimum Gasteiger partial charge on any atom is -0.339 e. The smallest absolute Gasteiger partial charge is 0.255 e. The van der Waals surface area contributed by atoms with Crippen LogP contribution in [-0.2, 0) is 11.8 Å². The molecule has 0 bridgehead atoms. The lowest BCUT2D eigenvalue weighted by Gasteiger charge is -2.20. The van der Waals surface area contributed by atoms with Gasteiger partial charge in [0.15, 0.2) is 0 Å². The number of anilines is 1. The summed E-state index contributed by atoms with van der Waals surface area (Å²) in [5.41, 5.74) is 1.71. The fraction of sp³-hybridized carbons (Fsp3) is 0.389. The van der Waals surface area contributed by atoms with Crippen molar-refractivity contribution >= 4 is 29.1 Å². The van der Waals surface area contributed by atoms with Gasteiger partial charge < -0.3 is 15.5 Å². The zero-order valence-electron chi connectivity index (χ0n) is 15.4. The van der Waals surface area contributed by atoms with Gasteiger partial charge in [0, 0.05) is 37.6 Å². The number of nitrogens with one attached hydrogen (secondary N) is 2. The predicted molar refractivity (Wildman–Crippen MR) is 102 cm³/mol. The number of likely N-dealkylation sites (N-methyl/N-ethyl adjacent to an activating group) is 1. The molecule has 0 aliphatic rings. The Bertz CT molecular complexity index is 786. The zero-order chi connectivity index (χ0) is 19.3. The van der Waals surface area contributed by atoms with E-state index in [1.165, 1.54) is 0 Å². The van der Waals surface area contributed by atoms with Crippen LogP contribution >= 0.6 is 11.6 Å². The van der Waals surface area contributed by atoms with Crippen molar-refractivity contribution in [2.24, 2.45) is 7.05 Å². The highest BCUT2D eigenvalue weighted by Crippen LogP contribution is 2.23. The van der Waals surface area contributed by atoms with Crippen LogP contribution in [0.2, 0.25) is 5.02 Å². The van der Waals surface area contributed by atoms with E-state index in [2.05, 4.69) is 15.7 Å². The van der Waals surface area contributed by atoms with Crippen LogP contribution < -0.4 is 10.6 Å². The molecule has 1 atom stereocenters. The first-order chi connectivity index (χ1) is 12.4. The molecule has 0 fully saturated rings.